The molecule has 0 aromatic heterocycles. The van der Waals surface area contributed by atoms with Crippen LogP contribution in [0.2, 0.25) is 0 Å². The Balaban J connectivity index is 2.31. The van der Waals surface area contributed by atoms with Crippen LogP contribution in [0.25, 0.3) is 0 Å². The summed E-state index contributed by atoms with van der Waals surface area (Å²) in [6.45, 7) is 4.00. The first-order chi connectivity index (χ1) is 9.41. The zero-order valence-corrected chi connectivity index (χ0v) is 11.9. The quantitative estimate of drug-likeness (QED) is 0.912. The first kappa shape index (κ1) is 15.2. The van der Waals surface area contributed by atoms with E-state index in [1.165, 1.54) is 6.07 Å². The molecule has 0 saturated carbocycles. The van der Waals surface area contributed by atoms with Gasteiger partial charge in [-0.3, -0.25) is 0 Å². The van der Waals surface area contributed by atoms with Crippen LogP contribution in [-0.2, 0) is 12.7 Å². The number of alkyl halides is 3. The van der Waals surface area contributed by atoms with Gasteiger partial charge >= 0.3 is 6.18 Å². The lowest BCUT2D eigenvalue weighted by molar-refractivity contribution is -0.137. The monoisotopic (exact) mass is 286 g/mol. The summed E-state index contributed by atoms with van der Waals surface area (Å²) >= 11 is 0. The van der Waals surface area contributed by atoms with Crippen molar-refractivity contribution in [2.24, 2.45) is 5.92 Å². The van der Waals surface area contributed by atoms with E-state index in [2.05, 4.69) is 12.2 Å². The molecule has 112 valence electrons. The normalized spacial score (nSPS) is 17.6. The van der Waals surface area contributed by atoms with Crippen molar-refractivity contribution in [1.29, 1.82) is 0 Å². The molecule has 0 amide bonds. The van der Waals surface area contributed by atoms with Crippen LogP contribution >= 0.6 is 0 Å². The summed E-state index contributed by atoms with van der Waals surface area (Å²) in [6.07, 6.45) is -2.40. The third-order valence-electron chi connectivity index (χ3n) is 3.87. The van der Waals surface area contributed by atoms with Crippen LogP contribution in [-0.4, -0.2) is 20.1 Å². The number of piperidine rings is 1. The van der Waals surface area contributed by atoms with E-state index in [-0.39, 0.29) is 0 Å². The molecule has 1 saturated heterocycles. The van der Waals surface area contributed by atoms with Crippen molar-refractivity contribution < 1.29 is 13.2 Å². The summed E-state index contributed by atoms with van der Waals surface area (Å²) in [5, 5.41) is 2.89. The largest absolute Gasteiger partial charge is 0.418 e. The van der Waals surface area contributed by atoms with Crippen LogP contribution in [0.3, 0.4) is 0 Å². The van der Waals surface area contributed by atoms with Gasteiger partial charge in [-0.2, -0.15) is 13.2 Å². The molecule has 0 atom stereocenters. The van der Waals surface area contributed by atoms with Gasteiger partial charge in [0.15, 0.2) is 0 Å². The maximum Gasteiger partial charge on any atom is 0.418 e. The summed E-state index contributed by atoms with van der Waals surface area (Å²) < 4.78 is 39.8. The second-order valence-electron chi connectivity index (χ2n) is 5.55. The van der Waals surface area contributed by atoms with E-state index in [1.54, 1.807) is 19.2 Å². The molecule has 1 aromatic rings. The van der Waals surface area contributed by atoms with Crippen molar-refractivity contribution in [3.05, 3.63) is 29.3 Å². The van der Waals surface area contributed by atoms with Crippen LogP contribution < -0.4 is 10.2 Å². The second kappa shape index (κ2) is 6.04. The van der Waals surface area contributed by atoms with Gasteiger partial charge < -0.3 is 10.2 Å². The topological polar surface area (TPSA) is 15.3 Å². The standard InChI is InChI=1S/C15H21F3N2/c1-11-5-7-20(8-6-11)14-4-3-12(10-19-2)9-13(14)15(16,17)18/h3-4,9,11,19H,5-8,10H2,1-2H3. The van der Waals surface area contributed by atoms with E-state index >= 15 is 0 Å². The molecule has 5 heteroatoms. The molecule has 1 fully saturated rings. The number of hydrogen-bond acceptors (Lipinski definition) is 2. The average molecular weight is 286 g/mol. The number of hydrogen-bond donors (Lipinski definition) is 1. The van der Waals surface area contributed by atoms with Gasteiger partial charge in [0.2, 0.25) is 0 Å². The molecule has 0 bridgehead atoms. The van der Waals surface area contributed by atoms with E-state index in [4.69, 9.17) is 0 Å². The third-order valence-corrected chi connectivity index (χ3v) is 3.87. The predicted molar refractivity (Wildman–Crippen MR) is 74.8 cm³/mol. The van der Waals surface area contributed by atoms with Crippen molar-refractivity contribution in [3.8, 4) is 0 Å². The molecule has 2 nitrogen and oxygen atoms in total. The highest BCUT2D eigenvalue weighted by Crippen LogP contribution is 2.38. The van der Waals surface area contributed by atoms with Gasteiger partial charge in [-0.15, -0.1) is 0 Å². The van der Waals surface area contributed by atoms with Crippen LogP contribution in [0, 0.1) is 5.92 Å². The molecule has 0 radical (unpaired) electrons. The number of anilines is 1. The fraction of sp³-hybridized carbons (Fsp3) is 0.600. The maximum atomic E-state index is 13.3. The molecule has 20 heavy (non-hydrogen) atoms. The minimum Gasteiger partial charge on any atom is -0.371 e. The van der Waals surface area contributed by atoms with Gasteiger partial charge in [-0.25, -0.2) is 0 Å². The van der Waals surface area contributed by atoms with Crippen molar-refractivity contribution in [2.45, 2.75) is 32.5 Å². The Hall–Kier alpha value is -1.23. The fourth-order valence-corrected chi connectivity index (χ4v) is 2.65. The number of halogens is 3. The van der Waals surface area contributed by atoms with Crippen LogP contribution in [0.1, 0.15) is 30.9 Å². The van der Waals surface area contributed by atoms with E-state index < -0.39 is 11.7 Å². The Bertz CT molecular complexity index is 449. The van der Waals surface area contributed by atoms with E-state index in [0.29, 0.717) is 36.8 Å². The van der Waals surface area contributed by atoms with E-state index in [1.807, 2.05) is 4.90 Å². The van der Waals surface area contributed by atoms with Gasteiger partial charge in [0.25, 0.3) is 0 Å². The molecule has 1 aliphatic heterocycles. The Morgan fingerprint density at radius 2 is 1.90 bits per heavy atom. The summed E-state index contributed by atoms with van der Waals surface area (Å²) in [5.74, 6) is 0.601. The first-order valence-electron chi connectivity index (χ1n) is 7.01. The maximum absolute atomic E-state index is 13.3. The SMILES string of the molecule is CNCc1ccc(N2CCC(C)CC2)c(C(F)(F)F)c1. The summed E-state index contributed by atoms with van der Waals surface area (Å²) in [7, 11) is 1.73. The number of benzene rings is 1. The minimum absolute atomic E-state index is 0.323. The first-order valence-corrected chi connectivity index (χ1v) is 7.01. The van der Waals surface area contributed by atoms with Crippen molar-refractivity contribution >= 4 is 5.69 Å². The van der Waals surface area contributed by atoms with E-state index in [0.717, 1.165) is 12.8 Å². The van der Waals surface area contributed by atoms with Crippen molar-refractivity contribution in [2.75, 3.05) is 25.0 Å². The number of nitrogens with zero attached hydrogens (tertiary/aromatic N) is 1. The molecule has 1 heterocycles. The van der Waals surface area contributed by atoms with Crippen molar-refractivity contribution in [3.63, 3.8) is 0 Å². The Kier molecular flexibility index (Phi) is 4.58. The summed E-state index contributed by atoms with van der Waals surface area (Å²) in [4.78, 5) is 1.87. The van der Waals surface area contributed by atoms with E-state index in [9.17, 15) is 13.2 Å². The number of nitrogens with one attached hydrogen (secondary N) is 1. The number of rotatable bonds is 3. The second-order valence-corrected chi connectivity index (χ2v) is 5.55. The van der Waals surface area contributed by atoms with Crippen molar-refractivity contribution in [1.82, 2.24) is 5.32 Å². The van der Waals surface area contributed by atoms with Gasteiger partial charge in [-0.1, -0.05) is 13.0 Å². The molecule has 1 aliphatic rings. The van der Waals surface area contributed by atoms with Crippen LogP contribution in [0.4, 0.5) is 18.9 Å². The fourth-order valence-electron chi connectivity index (χ4n) is 2.65. The summed E-state index contributed by atoms with van der Waals surface area (Å²) in [5.41, 5.74) is 0.470. The third kappa shape index (κ3) is 3.45. The molecule has 0 aliphatic carbocycles. The molecule has 1 N–H and O–H groups in total. The van der Waals surface area contributed by atoms with Crippen LogP contribution in [0.15, 0.2) is 18.2 Å². The molecular weight excluding hydrogens is 265 g/mol. The lowest BCUT2D eigenvalue weighted by Gasteiger charge is -2.34. The zero-order valence-electron chi connectivity index (χ0n) is 11.9. The van der Waals surface area contributed by atoms with Crippen LogP contribution in [0.5, 0.6) is 0 Å². The Morgan fingerprint density at radius 3 is 2.45 bits per heavy atom. The highest BCUT2D eigenvalue weighted by atomic mass is 19.4. The average Bonchev–Trinajstić information content (AvgIpc) is 2.39. The van der Waals surface area contributed by atoms with Gasteiger partial charge in [0, 0.05) is 25.3 Å². The lowest BCUT2D eigenvalue weighted by atomic mass is 9.97. The smallest absolute Gasteiger partial charge is 0.371 e. The lowest BCUT2D eigenvalue weighted by Crippen LogP contribution is -2.34. The highest BCUT2D eigenvalue weighted by Gasteiger charge is 2.35. The Labute approximate surface area is 118 Å². The van der Waals surface area contributed by atoms with Gasteiger partial charge in [0.05, 0.1) is 5.56 Å². The molecule has 0 unspecified atom stereocenters. The van der Waals surface area contributed by atoms with Gasteiger partial charge in [-0.05, 0) is 43.5 Å². The molecule has 0 spiro atoms. The minimum atomic E-state index is -4.30. The van der Waals surface area contributed by atoms with Gasteiger partial charge in [0.1, 0.15) is 0 Å². The molecule has 2 rings (SSSR count). The highest BCUT2D eigenvalue weighted by molar-refractivity contribution is 5.56. The predicted octanol–water partition coefficient (Wildman–Crippen LogP) is 3.66. The molecule has 1 aromatic carbocycles. The summed E-state index contributed by atoms with van der Waals surface area (Å²) in [6, 6.07) is 4.66. The Morgan fingerprint density at radius 1 is 1.25 bits per heavy atom. The zero-order chi connectivity index (χ0) is 14.8. The molecular formula is C15H21F3N2.